The number of phenols is 2. The van der Waals surface area contributed by atoms with Gasteiger partial charge < -0.3 is 27.2 Å². The molecule has 1 aliphatic carbocycles. The van der Waals surface area contributed by atoms with Crippen molar-refractivity contribution < 1.29 is 44.0 Å². The van der Waals surface area contributed by atoms with Crippen LogP contribution in [0, 0.1) is 0 Å². The minimum Gasteiger partial charge on any atom is -1.00 e. The van der Waals surface area contributed by atoms with Gasteiger partial charge in [0.25, 0.3) is 0 Å². The summed E-state index contributed by atoms with van der Waals surface area (Å²) >= 11 is 12.7. The Morgan fingerprint density at radius 2 is 1.06 bits per heavy atom. The molecule has 1 aliphatic rings. The third kappa shape index (κ3) is 8.22. The van der Waals surface area contributed by atoms with Crippen molar-refractivity contribution in [3.8, 4) is 11.5 Å². The maximum atomic E-state index is 10.8. The predicted octanol–water partition coefficient (Wildman–Crippen LogP) is 4.85. The molecule has 201 valence electrons. The van der Waals surface area contributed by atoms with E-state index in [1.54, 1.807) is 24.6 Å². The summed E-state index contributed by atoms with van der Waals surface area (Å²) in [6.45, 7) is 12.3. The van der Waals surface area contributed by atoms with Gasteiger partial charge in [0.1, 0.15) is 11.5 Å². The number of nitrogens with zero attached hydrogens (tertiary/aromatic N) is 2. The van der Waals surface area contributed by atoms with Gasteiger partial charge >= 0.3 is 0 Å². The zero-order chi connectivity index (χ0) is 25.3. The monoisotopic (exact) mass is 640 g/mol. The van der Waals surface area contributed by atoms with Crippen molar-refractivity contribution in [2.75, 3.05) is 0 Å². The number of rotatable bonds is 4. The normalized spacial score (nSPS) is 18.8. The molecule has 2 aromatic rings. The first-order valence-corrected chi connectivity index (χ1v) is 12.7. The van der Waals surface area contributed by atoms with E-state index in [1.807, 2.05) is 53.7 Å². The molecule has 1 fully saturated rings. The van der Waals surface area contributed by atoms with E-state index < -0.39 is 0 Å². The second-order valence-corrected chi connectivity index (χ2v) is 12.1. The maximum absolute atomic E-state index is 10.8. The minimum atomic E-state index is -0.236. The number of hydrogen-bond acceptors (Lipinski definition) is 4. The number of benzene rings is 2. The van der Waals surface area contributed by atoms with Crippen LogP contribution in [0.3, 0.4) is 0 Å². The molecule has 8 heteroatoms. The first kappa shape index (κ1) is 33.0. The van der Waals surface area contributed by atoms with E-state index in [-0.39, 0.29) is 68.2 Å². The van der Waals surface area contributed by atoms with Crippen molar-refractivity contribution in [2.24, 2.45) is 9.98 Å². The summed E-state index contributed by atoms with van der Waals surface area (Å²) in [7, 11) is 0. The van der Waals surface area contributed by atoms with Gasteiger partial charge in [-0.05, 0) is 47.9 Å². The average Bonchev–Trinajstić information content (AvgIpc) is 2.73. The molecule has 0 aliphatic heterocycles. The number of phenolic OH excluding ortho intramolecular Hbond substituents is 2. The quantitative estimate of drug-likeness (QED) is 0.469. The summed E-state index contributed by atoms with van der Waals surface area (Å²) < 4.78 is 0. The molecule has 2 atom stereocenters. The molecule has 1 saturated carbocycles. The van der Waals surface area contributed by atoms with Gasteiger partial charge in [0.15, 0.2) is 0 Å². The second kappa shape index (κ2) is 13.1. The maximum Gasteiger partial charge on any atom is 0.128 e. The Balaban J connectivity index is 0.00000324. The van der Waals surface area contributed by atoms with Crippen LogP contribution in [0.25, 0.3) is 0 Å². The third-order valence-electron chi connectivity index (χ3n) is 6.33. The molecular formula is C28H36BrCl2CoN2O2-. The number of halogens is 3. The predicted molar refractivity (Wildman–Crippen MR) is 145 cm³/mol. The van der Waals surface area contributed by atoms with Gasteiger partial charge in [0, 0.05) is 61.5 Å². The van der Waals surface area contributed by atoms with Crippen LogP contribution in [-0.4, -0.2) is 34.7 Å². The van der Waals surface area contributed by atoms with Gasteiger partial charge in [0.2, 0.25) is 0 Å². The Labute approximate surface area is 246 Å². The van der Waals surface area contributed by atoms with Crippen molar-refractivity contribution in [1.82, 2.24) is 0 Å². The molecule has 1 radical (unpaired) electrons. The Bertz CT molecular complexity index is 1020. The summed E-state index contributed by atoms with van der Waals surface area (Å²) in [5, 5.41) is 22.8. The van der Waals surface area contributed by atoms with E-state index in [4.69, 9.17) is 33.2 Å². The molecule has 0 amide bonds. The SMILES string of the molecule is CC(C)(C)c1cc(Cl)cc(C=N[C@@H]2CCCC[C@H]2N=Cc2cc(Cl)cc(C(C)(C)C)c2O)c1O.[Br-].[Co]. The van der Waals surface area contributed by atoms with Crippen LogP contribution in [0.15, 0.2) is 34.3 Å². The minimum absolute atomic E-state index is 0. The van der Waals surface area contributed by atoms with Crippen molar-refractivity contribution in [3.63, 3.8) is 0 Å². The van der Waals surface area contributed by atoms with Crippen LogP contribution >= 0.6 is 23.2 Å². The largest absolute Gasteiger partial charge is 1.00 e. The summed E-state index contributed by atoms with van der Waals surface area (Å²) in [4.78, 5) is 9.65. The van der Waals surface area contributed by atoms with Crippen molar-refractivity contribution in [2.45, 2.75) is 90.1 Å². The summed E-state index contributed by atoms with van der Waals surface area (Å²) in [5.74, 6) is 0.435. The molecular weight excluding hydrogens is 606 g/mol. The molecule has 4 nitrogen and oxygen atoms in total. The Kier molecular flexibility index (Phi) is 12.0. The fourth-order valence-corrected chi connectivity index (χ4v) is 4.83. The van der Waals surface area contributed by atoms with Gasteiger partial charge in [0.05, 0.1) is 12.1 Å². The molecule has 3 rings (SSSR count). The fraction of sp³-hybridized carbons (Fsp3) is 0.500. The van der Waals surface area contributed by atoms with Crippen LogP contribution < -0.4 is 17.0 Å². The van der Waals surface area contributed by atoms with Gasteiger partial charge in [-0.25, -0.2) is 0 Å². The van der Waals surface area contributed by atoms with Crippen molar-refractivity contribution in [1.29, 1.82) is 0 Å². The number of aliphatic imine (C=N–C) groups is 2. The van der Waals surface area contributed by atoms with Gasteiger partial charge in [-0.15, -0.1) is 0 Å². The zero-order valence-electron chi connectivity index (χ0n) is 21.7. The van der Waals surface area contributed by atoms with E-state index in [1.165, 1.54) is 0 Å². The van der Waals surface area contributed by atoms with Crippen LogP contribution in [0.1, 0.15) is 89.5 Å². The summed E-state index contributed by atoms with van der Waals surface area (Å²) in [6, 6.07) is 7.09. The van der Waals surface area contributed by atoms with Crippen LogP contribution in [0.4, 0.5) is 0 Å². The molecule has 36 heavy (non-hydrogen) atoms. The van der Waals surface area contributed by atoms with E-state index in [0.717, 1.165) is 36.8 Å². The van der Waals surface area contributed by atoms with Crippen molar-refractivity contribution in [3.05, 3.63) is 56.6 Å². The molecule has 0 spiro atoms. The molecule has 0 unspecified atom stereocenters. The van der Waals surface area contributed by atoms with Crippen molar-refractivity contribution >= 4 is 35.6 Å². The topological polar surface area (TPSA) is 65.2 Å². The van der Waals surface area contributed by atoms with Gasteiger partial charge in [-0.3, -0.25) is 9.98 Å². The molecule has 0 heterocycles. The second-order valence-electron chi connectivity index (χ2n) is 11.3. The van der Waals surface area contributed by atoms with E-state index in [2.05, 4.69) is 0 Å². The van der Waals surface area contributed by atoms with Crippen LogP contribution in [-0.2, 0) is 27.6 Å². The van der Waals surface area contributed by atoms with Crippen LogP contribution in [0.5, 0.6) is 11.5 Å². The first-order chi connectivity index (χ1) is 15.8. The molecule has 0 aromatic heterocycles. The molecule has 2 aromatic carbocycles. The third-order valence-corrected chi connectivity index (χ3v) is 6.76. The Morgan fingerprint density at radius 1 is 0.722 bits per heavy atom. The number of hydrogen-bond donors (Lipinski definition) is 2. The average molecular weight is 642 g/mol. The number of aromatic hydroxyl groups is 2. The molecule has 0 bridgehead atoms. The zero-order valence-corrected chi connectivity index (χ0v) is 25.8. The van der Waals surface area contributed by atoms with Gasteiger partial charge in [-0.1, -0.05) is 77.6 Å². The van der Waals surface area contributed by atoms with Crippen LogP contribution in [0.2, 0.25) is 10.0 Å². The van der Waals surface area contributed by atoms with E-state index in [9.17, 15) is 10.2 Å². The van der Waals surface area contributed by atoms with E-state index in [0.29, 0.717) is 21.2 Å². The molecule has 0 saturated heterocycles. The van der Waals surface area contributed by atoms with Gasteiger partial charge in [-0.2, -0.15) is 0 Å². The Morgan fingerprint density at radius 3 is 1.36 bits per heavy atom. The first-order valence-electron chi connectivity index (χ1n) is 11.9. The standard InChI is InChI=1S/C28H36Cl2N2O2.BrH.Co/c1-27(2,3)21-13-19(29)11-17(25(21)33)15-31-23-9-7-8-10-24(23)32-16-18-12-20(30)14-22(26(18)34)28(4,5)6;;/h11-16,23-24,33-34H,7-10H2,1-6H3;1H;/p-1/t23-,24-;;/m1../s1. The smallest absolute Gasteiger partial charge is 0.128 e. The summed E-state index contributed by atoms with van der Waals surface area (Å²) in [5.41, 5.74) is 2.36. The van der Waals surface area contributed by atoms with E-state index >= 15 is 0 Å². The molecule has 2 N–H and O–H groups in total. The summed E-state index contributed by atoms with van der Waals surface area (Å²) in [6.07, 6.45) is 7.45. The fourth-order valence-electron chi connectivity index (χ4n) is 4.37. The Hall–Kier alpha value is -1.05.